The number of aryl methyl sites for hydroxylation is 1. The molecular weight excluding hydrogens is 326 g/mol. The summed E-state index contributed by atoms with van der Waals surface area (Å²) in [6, 6.07) is 13.9. The van der Waals surface area contributed by atoms with Crippen molar-refractivity contribution in [3.8, 4) is 0 Å². The number of anilines is 1. The lowest BCUT2D eigenvalue weighted by Crippen LogP contribution is -2.12. The minimum Gasteiger partial charge on any atom is -0.321 e. The van der Waals surface area contributed by atoms with Gasteiger partial charge in [-0.25, -0.2) is 0 Å². The first-order chi connectivity index (χ1) is 11.0. The van der Waals surface area contributed by atoms with Gasteiger partial charge < -0.3 is 5.32 Å². The maximum absolute atomic E-state index is 12.7. The predicted octanol–water partition coefficient (Wildman–Crippen LogP) is 6.24. The quantitative estimate of drug-likeness (QED) is 0.599. The van der Waals surface area contributed by atoms with E-state index in [9.17, 15) is 4.79 Å². The van der Waals surface area contributed by atoms with Gasteiger partial charge in [0.05, 0.1) is 5.02 Å². The highest BCUT2D eigenvalue weighted by Gasteiger charge is 2.18. The smallest absolute Gasteiger partial charge is 0.267 e. The zero-order valence-electron chi connectivity index (χ0n) is 13.3. The summed E-state index contributed by atoms with van der Waals surface area (Å²) < 4.78 is 1.04. The molecule has 23 heavy (non-hydrogen) atoms. The first-order valence-electron chi connectivity index (χ1n) is 7.56. The summed E-state index contributed by atoms with van der Waals surface area (Å²) in [4.78, 5) is 13.2. The van der Waals surface area contributed by atoms with Crippen LogP contribution in [0.25, 0.3) is 10.1 Å². The molecule has 1 aromatic heterocycles. The number of hydrogen-bond donors (Lipinski definition) is 1. The Morgan fingerprint density at radius 1 is 1.17 bits per heavy atom. The van der Waals surface area contributed by atoms with Crippen molar-refractivity contribution in [2.45, 2.75) is 26.7 Å². The van der Waals surface area contributed by atoms with E-state index in [1.165, 1.54) is 11.3 Å². The van der Waals surface area contributed by atoms with Crippen molar-refractivity contribution >= 4 is 44.6 Å². The van der Waals surface area contributed by atoms with Crippen molar-refractivity contribution in [1.82, 2.24) is 0 Å². The van der Waals surface area contributed by atoms with Crippen molar-refractivity contribution in [2.24, 2.45) is 0 Å². The van der Waals surface area contributed by atoms with Crippen LogP contribution in [0.3, 0.4) is 0 Å². The molecule has 1 heterocycles. The number of carbonyl (C=O) groups is 1. The summed E-state index contributed by atoms with van der Waals surface area (Å²) in [7, 11) is 0. The SMILES string of the molecule is Cc1ccc2c(Cl)c(C(=O)Nc3ccccc3C(C)C)sc2c1. The number of halogens is 1. The van der Waals surface area contributed by atoms with Crippen LogP contribution in [0.4, 0.5) is 5.69 Å². The number of para-hydroxylation sites is 1. The van der Waals surface area contributed by atoms with Gasteiger partial charge >= 0.3 is 0 Å². The maximum atomic E-state index is 12.7. The summed E-state index contributed by atoms with van der Waals surface area (Å²) in [6.45, 7) is 6.26. The average Bonchev–Trinajstić information content (AvgIpc) is 2.84. The monoisotopic (exact) mass is 343 g/mol. The molecule has 2 aromatic carbocycles. The van der Waals surface area contributed by atoms with Crippen molar-refractivity contribution in [2.75, 3.05) is 5.32 Å². The van der Waals surface area contributed by atoms with E-state index in [0.717, 1.165) is 26.9 Å². The van der Waals surface area contributed by atoms with Crippen LogP contribution >= 0.6 is 22.9 Å². The molecule has 3 rings (SSSR count). The average molecular weight is 344 g/mol. The maximum Gasteiger partial charge on any atom is 0.267 e. The molecule has 1 N–H and O–H groups in total. The van der Waals surface area contributed by atoms with Gasteiger partial charge in [-0.3, -0.25) is 4.79 Å². The van der Waals surface area contributed by atoms with E-state index in [4.69, 9.17) is 11.6 Å². The fourth-order valence-electron chi connectivity index (χ4n) is 2.61. The number of nitrogens with one attached hydrogen (secondary N) is 1. The molecule has 0 aliphatic rings. The summed E-state index contributed by atoms with van der Waals surface area (Å²) in [5.74, 6) is 0.189. The largest absolute Gasteiger partial charge is 0.321 e. The molecular formula is C19H18ClNOS. The third-order valence-corrected chi connectivity index (χ3v) is 5.48. The Kier molecular flexibility index (Phi) is 4.42. The van der Waals surface area contributed by atoms with Gasteiger partial charge in [0.15, 0.2) is 0 Å². The van der Waals surface area contributed by atoms with Crippen LogP contribution in [0.15, 0.2) is 42.5 Å². The number of rotatable bonds is 3. The zero-order valence-corrected chi connectivity index (χ0v) is 14.9. The van der Waals surface area contributed by atoms with Crippen LogP contribution < -0.4 is 5.32 Å². The Morgan fingerprint density at radius 2 is 1.91 bits per heavy atom. The Bertz CT molecular complexity index is 882. The number of carbonyl (C=O) groups excluding carboxylic acids is 1. The van der Waals surface area contributed by atoms with E-state index in [2.05, 4.69) is 25.2 Å². The van der Waals surface area contributed by atoms with E-state index < -0.39 is 0 Å². The molecule has 0 fully saturated rings. The lowest BCUT2D eigenvalue weighted by molar-refractivity contribution is 0.103. The van der Waals surface area contributed by atoms with Crippen LogP contribution in [-0.4, -0.2) is 5.91 Å². The van der Waals surface area contributed by atoms with Gasteiger partial charge in [0.2, 0.25) is 0 Å². The van der Waals surface area contributed by atoms with Crippen molar-refractivity contribution in [1.29, 1.82) is 0 Å². The Hall–Kier alpha value is -1.84. The second kappa shape index (κ2) is 6.34. The molecule has 118 valence electrons. The van der Waals surface area contributed by atoms with Crippen molar-refractivity contribution < 1.29 is 4.79 Å². The molecule has 2 nitrogen and oxygen atoms in total. The van der Waals surface area contributed by atoms with Gasteiger partial charge in [-0.1, -0.05) is 55.8 Å². The normalized spacial score (nSPS) is 11.2. The van der Waals surface area contributed by atoms with Crippen LogP contribution in [0.2, 0.25) is 5.02 Å². The summed E-state index contributed by atoms with van der Waals surface area (Å²) in [5, 5.41) is 4.48. The fourth-order valence-corrected chi connectivity index (χ4v) is 4.12. The number of benzene rings is 2. The number of fused-ring (bicyclic) bond motifs is 1. The molecule has 3 aromatic rings. The Balaban J connectivity index is 1.97. The second-order valence-electron chi connectivity index (χ2n) is 5.94. The molecule has 0 unspecified atom stereocenters. The summed E-state index contributed by atoms with van der Waals surface area (Å²) >= 11 is 7.86. The molecule has 4 heteroatoms. The van der Waals surface area contributed by atoms with Crippen LogP contribution in [-0.2, 0) is 0 Å². The third-order valence-electron chi connectivity index (χ3n) is 3.82. The van der Waals surface area contributed by atoms with Crippen LogP contribution in [0, 0.1) is 6.92 Å². The van der Waals surface area contributed by atoms with Crippen molar-refractivity contribution in [3.05, 3.63) is 63.5 Å². The molecule has 0 bridgehead atoms. The summed E-state index contributed by atoms with van der Waals surface area (Å²) in [6.07, 6.45) is 0. The van der Waals surface area contributed by atoms with Crippen LogP contribution in [0.5, 0.6) is 0 Å². The molecule has 0 saturated heterocycles. The number of amides is 1. The first kappa shape index (κ1) is 16.0. The topological polar surface area (TPSA) is 29.1 Å². The third kappa shape index (κ3) is 3.12. The molecule has 0 spiro atoms. The first-order valence-corrected chi connectivity index (χ1v) is 8.75. The molecule has 0 radical (unpaired) electrons. The highest BCUT2D eigenvalue weighted by molar-refractivity contribution is 7.21. The Morgan fingerprint density at radius 3 is 2.65 bits per heavy atom. The van der Waals surface area contributed by atoms with Gasteiger partial charge in [-0.2, -0.15) is 0 Å². The van der Waals surface area contributed by atoms with E-state index in [-0.39, 0.29) is 5.91 Å². The van der Waals surface area contributed by atoms with Gasteiger partial charge in [0, 0.05) is 15.8 Å². The fraction of sp³-hybridized carbons (Fsp3) is 0.211. The van der Waals surface area contributed by atoms with Crippen LogP contribution in [0.1, 0.15) is 40.6 Å². The lowest BCUT2D eigenvalue weighted by atomic mass is 10.0. The van der Waals surface area contributed by atoms with E-state index in [0.29, 0.717) is 15.8 Å². The van der Waals surface area contributed by atoms with Gasteiger partial charge in [0.25, 0.3) is 5.91 Å². The van der Waals surface area contributed by atoms with Crippen molar-refractivity contribution in [3.63, 3.8) is 0 Å². The van der Waals surface area contributed by atoms with Gasteiger partial charge in [-0.15, -0.1) is 11.3 Å². The van der Waals surface area contributed by atoms with E-state index >= 15 is 0 Å². The minimum atomic E-state index is -0.151. The zero-order chi connectivity index (χ0) is 16.6. The lowest BCUT2D eigenvalue weighted by Gasteiger charge is -2.13. The predicted molar refractivity (Wildman–Crippen MR) is 100 cm³/mol. The van der Waals surface area contributed by atoms with Gasteiger partial charge in [-0.05, 0) is 36.1 Å². The van der Waals surface area contributed by atoms with E-state index in [1.807, 2.05) is 43.3 Å². The van der Waals surface area contributed by atoms with E-state index in [1.54, 1.807) is 0 Å². The number of thiophene rings is 1. The number of hydrogen-bond acceptors (Lipinski definition) is 2. The second-order valence-corrected chi connectivity index (χ2v) is 7.37. The summed E-state index contributed by atoms with van der Waals surface area (Å²) in [5.41, 5.74) is 3.12. The standard InChI is InChI=1S/C19H18ClNOS/c1-11(2)13-6-4-5-7-15(13)21-19(22)18-17(20)14-9-8-12(3)10-16(14)23-18/h4-11H,1-3H3,(H,21,22). The van der Waals surface area contributed by atoms with Gasteiger partial charge in [0.1, 0.15) is 4.88 Å². The minimum absolute atomic E-state index is 0.151. The molecule has 0 aliphatic heterocycles. The highest BCUT2D eigenvalue weighted by atomic mass is 35.5. The Labute approximate surface area is 145 Å². The molecule has 1 amide bonds. The molecule has 0 saturated carbocycles. The molecule has 0 aliphatic carbocycles. The molecule has 0 atom stereocenters. The highest BCUT2D eigenvalue weighted by Crippen LogP contribution is 2.36.